The van der Waals surface area contributed by atoms with Crippen molar-refractivity contribution in [2.75, 3.05) is 6.54 Å². The Morgan fingerprint density at radius 2 is 1.97 bits per heavy atom. The number of hydrogen-bond donors (Lipinski definition) is 0. The number of nitrogens with zero attached hydrogens (tertiary/aromatic N) is 3. The number of hydrogen-bond acceptors (Lipinski definition) is 4. The number of aromatic nitrogens is 2. The van der Waals surface area contributed by atoms with Crippen LogP contribution < -0.4 is 5.56 Å². The van der Waals surface area contributed by atoms with Crippen LogP contribution in [0.2, 0.25) is 0 Å². The second-order valence-corrected chi connectivity index (χ2v) is 9.18. The number of fused-ring (bicyclic) bond motifs is 1. The predicted molar refractivity (Wildman–Crippen MR) is 114 cm³/mol. The van der Waals surface area contributed by atoms with E-state index in [4.69, 9.17) is 0 Å². The number of benzene rings is 1. The van der Waals surface area contributed by atoms with E-state index in [-0.39, 0.29) is 5.92 Å². The number of alkyl halides is 3. The lowest BCUT2D eigenvalue weighted by atomic mass is 10.0. The van der Waals surface area contributed by atoms with Gasteiger partial charge >= 0.3 is 6.18 Å². The average molecular weight is 449 g/mol. The van der Waals surface area contributed by atoms with Gasteiger partial charge in [-0.25, -0.2) is 4.98 Å². The summed E-state index contributed by atoms with van der Waals surface area (Å²) >= 11 is 1.38. The Kier molecular flexibility index (Phi) is 5.63. The molecule has 0 spiro atoms. The van der Waals surface area contributed by atoms with E-state index in [9.17, 15) is 22.8 Å². The topological polar surface area (TPSA) is 55.2 Å². The highest BCUT2D eigenvalue weighted by molar-refractivity contribution is 7.19. The van der Waals surface area contributed by atoms with Gasteiger partial charge in [-0.05, 0) is 38.2 Å². The van der Waals surface area contributed by atoms with Gasteiger partial charge in [-0.1, -0.05) is 30.3 Å². The Balaban J connectivity index is 1.70. The molecule has 1 atom stereocenters. The third-order valence-electron chi connectivity index (χ3n) is 5.69. The number of aryl methyl sites for hydroxylation is 1. The van der Waals surface area contributed by atoms with E-state index in [1.807, 2.05) is 37.3 Å². The van der Waals surface area contributed by atoms with Gasteiger partial charge in [0.2, 0.25) is 5.91 Å². The van der Waals surface area contributed by atoms with Gasteiger partial charge < -0.3 is 4.90 Å². The molecule has 3 aromatic rings. The summed E-state index contributed by atoms with van der Waals surface area (Å²) in [6.07, 6.45) is -1.63. The van der Waals surface area contributed by atoms with Crippen LogP contribution in [0.4, 0.5) is 13.2 Å². The minimum Gasteiger partial charge on any atom is -0.329 e. The summed E-state index contributed by atoms with van der Waals surface area (Å²) in [5, 5.41) is 0.390. The van der Waals surface area contributed by atoms with Gasteiger partial charge in [0, 0.05) is 16.5 Å². The molecule has 0 N–H and O–H groups in total. The van der Waals surface area contributed by atoms with Crippen LogP contribution in [-0.4, -0.2) is 39.1 Å². The van der Waals surface area contributed by atoms with Crippen LogP contribution in [0, 0.1) is 12.8 Å². The fourth-order valence-corrected chi connectivity index (χ4v) is 4.93. The summed E-state index contributed by atoms with van der Waals surface area (Å²) in [4.78, 5) is 32.7. The first-order chi connectivity index (χ1) is 14.7. The van der Waals surface area contributed by atoms with Crippen LogP contribution in [0.25, 0.3) is 21.3 Å². The number of thiophene rings is 1. The van der Waals surface area contributed by atoms with Gasteiger partial charge in [-0.2, -0.15) is 13.2 Å². The number of rotatable bonds is 6. The van der Waals surface area contributed by atoms with Gasteiger partial charge in [0.1, 0.15) is 17.9 Å². The first kappa shape index (κ1) is 21.5. The van der Waals surface area contributed by atoms with Crippen molar-refractivity contribution < 1.29 is 18.0 Å². The third-order valence-corrected chi connectivity index (χ3v) is 6.70. The summed E-state index contributed by atoms with van der Waals surface area (Å²) in [6, 6.07) is 8.86. The van der Waals surface area contributed by atoms with Crippen molar-refractivity contribution in [3.8, 4) is 11.1 Å². The van der Waals surface area contributed by atoms with Crippen LogP contribution in [0.1, 0.15) is 24.6 Å². The highest BCUT2D eigenvalue weighted by Gasteiger charge is 2.40. The highest BCUT2D eigenvalue weighted by Crippen LogP contribution is 2.37. The van der Waals surface area contributed by atoms with Crippen LogP contribution in [0.3, 0.4) is 0 Å². The Morgan fingerprint density at radius 3 is 2.58 bits per heavy atom. The van der Waals surface area contributed by atoms with Gasteiger partial charge in [0.05, 0.1) is 11.7 Å². The lowest BCUT2D eigenvalue weighted by Crippen LogP contribution is -2.47. The molecule has 4 rings (SSSR count). The predicted octanol–water partition coefficient (Wildman–Crippen LogP) is 4.62. The molecule has 1 aromatic carbocycles. The molecular weight excluding hydrogens is 427 g/mol. The molecule has 0 bridgehead atoms. The number of carbonyl (C=O) groups is 1. The Hall–Kier alpha value is -2.68. The lowest BCUT2D eigenvalue weighted by Gasteiger charge is -2.30. The minimum atomic E-state index is -4.50. The zero-order valence-corrected chi connectivity index (χ0v) is 18.0. The van der Waals surface area contributed by atoms with Crippen LogP contribution >= 0.6 is 11.3 Å². The van der Waals surface area contributed by atoms with E-state index in [2.05, 4.69) is 4.98 Å². The maximum Gasteiger partial charge on any atom is 0.406 e. The molecule has 1 saturated carbocycles. The van der Waals surface area contributed by atoms with Crippen molar-refractivity contribution in [2.24, 2.45) is 5.92 Å². The average Bonchev–Trinajstić information content (AvgIpc) is 3.50. The van der Waals surface area contributed by atoms with E-state index in [1.165, 1.54) is 17.7 Å². The van der Waals surface area contributed by atoms with Gasteiger partial charge in [0.25, 0.3) is 5.56 Å². The van der Waals surface area contributed by atoms with Crippen molar-refractivity contribution in [3.05, 3.63) is 51.9 Å². The summed E-state index contributed by atoms with van der Waals surface area (Å²) in [6.45, 7) is 1.74. The largest absolute Gasteiger partial charge is 0.406 e. The maximum atomic E-state index is 13.2. The van der Waals surface area contributed by atoms with E-state index in [0.29, 0.717) is 10.2 Å². The molecule has 5 nitrogen and oxygen atoms in total. The molecular formula is C22H22F3N3O2S. The fraction of sp³-hybridized carbons (Fsp3) is 0.409. The SMILES string of the molecule is Cc1sc2ncn(CC(=O)N(CC(F)(F)F)[C@H](C)C3CC3)c(=O)c2c1-c1ccccc1. The van der Waals surface area contributed by atoms with E-state index in [0.717, 1.165) is 38.3 Å². The molecule has 0 aliphatic heterocycles. The third kappa shape index (κ3) is 4.51. The molecule has 1 amide bonds. The zero-order valence-electron chi connectivity index (χ0n) is 17.1. The molecule has 2 heterocycles. The molecule has 0 unspecified atom stereocenters. The molecule has 0 radical (unpaired) electrons. The second-order valence-electron chi connectivity index (χ2n) is 7.97. The van der Waals surface area contributed by atoms with Crippen LogP contribution in [0.5, 0.6) is 0 Å². The minimum absolute atomic E-state index is 0.0767. The molecule has 31 heavy (non-hydrogen) atoms. The lowest BCUT2D eigenvalue weighted by molar-refractivity contribution is -0.166. The molecule has 0 saturated heterocycles. The standard InChI is InChI=1S/C22H22F3N3O2S/c1-13(15-8-9-15)28(11-22(23,24)25)17(29)10-27-12-26-20-19(21(27)30)18(14(2)31-20)16-6-4-3-5-7-16/h3-7,12-13,15H,8-11H2,1-2H3/t13-/m1/s1. The summed E-state index contributed by atoms with van der Waals surface area (Å²) in [5.41, 5.74) is 1.18. The molecule has 1 aliphatic rings. The van der Waals surface area contributed by atoms with Crippen molar-refractivity contribution in [3.63, 3.8) is 0 Å². The summed E-state index contributed by atoms with van der Waals surface area (Å²) in [7, 11) is 0. The maximum absolute atomic E-state index is 13.2. The van der Waals surface area contributed by atoms with Gasteiger partial charge in [-0.15, -0.1) is 11.3 Å². The number of amides is 1. The Bertz CT molecular complexity index is 1170. The summed E-state index contributed by atoms with van der Waals surface area (Å²) in [5.74, 6) is -0.652. The van der Waals surface area contributed by atoms with Crippen molar-refractivity contribution >= 4 is 27.5 Å². The second kappa shape index (κ2) is 8.11. The quantitative estimate of drug-likeness (QED) is 0.552. The van der Waals surface area contributed by atoms with E-state index in [1.54, 1.807) is 6.92 Å². The van der Waals surface area contributed by atoms with Crippen molar-refractivity contribution in [2.45, 2.75) is 45.5 Å². The van der Waals surface area contributed by atoms with E-state index >= 15 is 0 Å². The highest BCUT2D eigenvalue weighted by atomic mass is 32.1. The number of carbonyl (C=O) groups excluding carboxylic acids is 1. The first-order valence-electron chi connectivity index (χ1n) is 10.1. The Labute approximate surface area is 181 Å². The normalized spacial score (nSPS) is 15.3. The molecule has 1 fully saturated rings. The first-order valence-corrected chi connectivity index (χ1v) is 10.9. The van der Waals surface area contributed by atoms with Crippen molar-refractivity contribution in [1.29, 1.82) is 0 Å². The van der Waals surface area contributed by atoms with Crippen LogP contribution in [0.15, 0.2) is 41.5 Å². The Morgan fingerprint density at radius 1 is 1.29 bits per heavy atom. The number of halogens is 3. The molecule has 9 heteroatoms. The molecule has 164 valence electrons. The molecule has 1 aliphatic carbocycles. The molecule has 2 aromatic heterocycles. The van der Waals surface area contributed by atoms with Crippen LogP contribution in [-0.2, 0) is 11.3 Å². The van der Waals surface area contributed by atoms with Gasteiger partial charge in [-0.3, -0.25) is 14.2 Å². The smallest absolute Gasteiger partial charge is 0.329 e. The zero-order chi connectivity index (χ0) is 22.3. The van der Waals surface area contributed by atoms with Gasteiger partial charge in [0.15, 0.2) is 0 Å². The fourth-order valence-electron chi connectivity index (χ4n) is 3.92. The van der Waals surface area contributed by atoms with E-state index < -0.39 is 36.8 Å². The monoisotopic (exact) mass is 449 g/mol. The van der Waals surface area contributed by atoms with Crippen molar-refractivity contribution in [1.82, 2.24) is 14.5 Å². The summed E-state index contributed by atoms with van der Waals surface area (Å²) < 4.78 is 40.4.